The SMILES string of the molecule is CC(C)C(NC(=O)NC1CCN(C2CC2)CC1)c1nc(C2CC2)no1. The Balaban J connectivity index is 1.29. The number of nitrogens with zero attached hydrogens (tertiary/aromatic N) is 3. The van der Waals surface area contributed by atoms with Gasteiger partial charge in [0.05, 0.1) is 0 Å². The van der Waals surface area contributed by atoms with E-state index >= 15 is 0 Å². The normalized spacial score (nSPS) is 23.6. The zero-order chi connectivity index (χ0) is 17.4. The van der Waals surface area contributed by atoms with Gasteiger partial charge in [-0.1, -0.05) is 19.0 Å². The number of likely N-dealkylation sites (tertiary alicyclic amines) is 1. The minimum Gasteiger partial charge on any atom is -0.337 e. The van der Waals surface area contributed by atoms with Crippen molar-refractivity contribution in [1.29, 1.82) is 0 Å². The minimum absolute atomic E-state index is 0.130. The second-order valence-corrected chi connectivity index (χ2v) is 8.15. The molecule has 3 aliphatic rings. The largest absolute Gasteiger partial charge is 0.337 e. The number of aromatic nitrogens is 2. The molecule has 0 spiro atoms. The van der Waals surface area contributed by atoms with Crippen LogP contribution in [0.5, 0.6) is 0 Å². The molecule has 0 aromatic carbocycles. The van der Waals surface area contributed by atoms with Gasteiger partial charge in [-0.2, -0.15) is 4.98 Å². The average molecular weight is 347 g/mol. The van der Waals surface area contributed by atoms with E-state index in [0.717, 1.165) is 50.6 Å². The summed E-state index contributed by atoms with van der Waals surface area (Å²) in [5, 5.41) is 10.2. The standard InChI is InChI=1S/C18H29N5O2/c1-11(2)15(17-21-16(22-25-17)12-3-4-12)20-18(24)19-13-7-9-23(10-8-13)14-5-6-14/h11-15H,3-10H2,1-2H3,(H2,19,20,24). The fourth-order valence-electron chi connectivity index (χ4n) is 3.61. The molecule has 4 rings (SSSR count). The lowest BCUT2D eigenvalue weighted by atomic mass is 10.0. The number of rotatable bonds is 6. The minimum atomic E-state index is -0.244. The highest BCUT2D eigenvalue weighted by molar-refractivity contribution is 5.74. The van der Waals surface area contributed by atoms with Crippen molar-refractivity contribution in [1.82, 2.24) is 25.7 Å². The van der Waals surface area contributed by atoms with Crippen molar-refractivity contribution >= 4 is 6.03 Å². The topological polar surface area (TPSA) is 83.3 Å². The maximum atomic E-state index is 12.5. The molecule has 2 saturated carbocycles. The second-order valence-electron chi connectivity index (χ2n) is 8.15. The number of hydrogen-bond donors (Lipinski definition) is 2. The summed E-state index contributed by atoms with van der Waals surface area (Å²) in [6, 6.07) is 0.701. The summed E-state index contributed by atoms with van der Waals surface area (Å²) in [5.74, 6) is 1.96. The molecule has 2 heterocycles. The molecule has 0 radical (unpaired) electrons. The highest BCUT2D eigenvalue weighted by Gasteiger charge is 2.33. The van der Waals surface area contributed by atoms with Crippen LogP contribution in [-0.2, 0) is 0 Å². The Bertz CT molecular complexity index is 600. The van der Waals surface area contributed by atoms with Crippen LogP contribution in [0.3, 0.4) is 0 Å². The maximum Gasteiger partial charge on any atom is 0.315 e. The van der Waals surface area contributed by atoms with Crippen molar-refractivity contribution in [3.8, 4) is 0 Å². The van der Waals surface area contributed by atoms with E-state index in [1.54, 1.807) is 0 Å². The van der Waals surface area contributed by atoms with Crippen LogP contribution in [0.4, 0.5) is 4.79 Å². The Morgan fingerprint density at radius 1 is 1.16 bits per heavy atom. The van der Waals surface area contributed by atoms with E-state index in [1.807, 2.05) is 0 Å². The monoisotopic (exact) mass is 347 g/mol. The third-order valence-electron chi connectivity index (χ3n) is 5.55. The number of amides is 2. The van der Waals surface area contributed by atoms with Gasteiger partial charge in [-0.05, 0) is 44.4 Å². The first-order valence-corrected chi connectivity index (χ1v) is 9.74. The number of carbonyl (C=O) groups is 1. The van der Waals surface area contributed by atoms with Crippen molar-refractivity contribution in [3.63, 3.8) is 0 Å². The molecule has 1 aliphatic heterocycles. The summed E-state index contributed by atoms with van der Waals surface area (Å²) in [7, 11) is 0. The van der Waals surface area contributed by atoms with Crippen LogP contribution in [0.25, 0.3) is 0 Å². The van der Waals surface area contributed by atoms with Crippen molar-refractivity contribution < 1.29 is 9.32 Å². The Kier molecular flexibility index (Phi) is 4.67. The Morgan fingerprint density at radius 3 is 2.48 bits per heavy atom. The van der Waals surface area contributed by atoms with Crippen molar-refractivity contribution in [2.45, 2.75) is 76.4 Å². The molecule has 2 N–H and O–H groups in total. The number of carbonyl (C=O) groups excluding carboxylic acids is 1. The Morgan fingerprint density at radius 2 is 1.88 bits per heavy atom. The number of urea groups is 1. The van der Waals surface area contributed by atoms with E-state index in [1.165, 1.54) is 12.8 Å². The highest BCUT2D eigenvalue weighted by Crippen LogP contribution is 2.38. The van der Waals surface area contributed by atoms with Crippen LogP contribution in [0, 0.1) is 5.92 Å². The molecule has 1 atom stereocenters. The van der Waals surface area contributed by atoms with Gasteiger partial charge < -0.3 is 20.1 Å². The van der Waals surface area contributed by atoms with E-state index < -0.39 is 0 Å². The van der Waals surface area contributed by atoms with E-state index in [-0.39, 0.29) is 24.0 Å². The molecular formula is C18H29N5O2. The summed E-state index contributed by atoms with van der Waals surface area (Å²) >= 11 is 0. The first-order chi connectivity index (χ1) is 12.1. The van der Waals surface area contributed by atoms with Gasteiger partial charge in [-0.15, -0.1) is 0 Å². The predicted octanol–water partition coefficient (Wildman–Crippen LogP) is 2.57. The third-order valence-corrected chi connectivity index (χ3v) is 5.55. The summed E-state index contributed by atoms with van der Waals surface area (Å²) in [4.78, 5) is 19.5. The van der Waals surface area contributed by atoms with Crippen LogP contribution in [0.15, 0.2) is 4.52 Å². The van der Waals surface area contributed by atoms with E-state index in [0.29, 0.717) is 11.8 Å². The Labute approximate surface area is 148 Å². The molecular weight excluding hydrogens is 318 g/mol. The van der Waals surface area contributed by atoms with Crippen molar-refractivity contribution in [2.75, 3.05) is 13.1 Å². The molecule has 1 saturated heterocycles. The molecule has 1 aromatic heterocycles. The van der Waals surface area contributed by atoms with Crippen LogP contribution in [0.2, 0.25) is 0 Å². The molecule has 0 bridgehead atoms. The van der Waals surface area contributed by atoms with Crippen LogP contribution < -0.4 is 10.6 Å². The lowest BCUT2D eigenvalue weighted by Gasteiger charge is -2.32. The van der Waals surface area contributed by atoms with Gasteiger partial charge in [0.15, 0.2) is 5.82 Å². The molecule has 138 valence electrons. The molecule has 25 heavy (non-hydrogen) atoms. The molecule has 3 fully saturated rings. The lowest BCUT2D eigenvalue weighted by Crippen LogP contribution is -2.49. The van der Waals surface area contributed by atoms with Gasteiger partial charge >= 0.3 is 6.03 Å². The summed E-state index contributed by atoms with van der Waals surface area (Å²) in [5.41, 5.74) is 0. The fourth-order valence-corrected chi connectivity index (χ4v) is 3.61. The van der Waals surface area contributed by atoms with Gasteiger partial charge in [-0.25, -0.2) is 4.79 Å². The fraction of sp³-hybridized carbons (Fsp3) is 0.833. The molecule has 1 unspecified atom stereocenters. The average Bonchev–Trinajstić information content (AvgIpc) is 3.52. The van der Waals surface area contributed by atoms with E-state index in [2.05, 4.69) is 39.5 Å². The van der Waals surface area contributed by atoms with E-state index in [4.69, 9.17) is 4.52 Å². The molecule has 2 amide bonds. The van der Waals surface area contributed by atoms with Crippen LogP contribution in [-0.4, -0.2) is 46.2 Å². The zero-order valence-corrected chi connectivity index (χ0v) is 15.2. The summed E-state index contributed by atoms with van der Waals surface area (Å²) < 4.78 is 5.42. The first kappa shape index (κ1) is 16.8. The highest BCUT2D eigenvalue weighted by atomic mass is 16.5. The lowest BCUT2D eigenvalue weighted by molar-refractivity contribution is 0.182. The van der Waals surface area contributed by atoms with Gasteiger partial charge in [0.2, 0.25) is 5.89 Å². The van der Waals surface area contributed by atoms with E-state index in [9.17, 15) is 4.79 Å². The van der Waals surface area contributed by atoms with Crippen molar-refractivity contribution in [2.24, 2.45) is 5.92 Å². The Hall–Kier alpha value is -1.63. The first-order valence-electron chi connectivity index (χ1n) is 9.74. The predicted molar refractivity (Wildman–Crippen MR) is 93.1 cm³/mol. The second kappa shape index (κ2) is 6.94. The van der Waals surface area contributed by atoms with Crippen LogP contribution >= 0.6 is 0 Å². The number of piperidine rings is 1. The van der Waals surface area contributed by atoms with Crippen LogP contribution in [0.1, 0.15) is 76.0 Å². The maximum absolute atomic E-state index is 12.5. The number of nitrogens with one attached hydrogen (secondary N) is 2. The van der Waals surface area contributed by atoms with Gasteiger partial charge in [-0.3, -0.25) is 0 Å². The number of hydrogen-bond acceptors (Lipinski definition) is 5. The molecule has 2 aliphatic carbocycles. The summed E-state index contributed by atoms with van der Waals surface area (Å²) in [6.07, 6.45) is 7.03. The quantitative estimate of drug-likeness (QED) is 0.826. The smallest absolute Gasteiger partial charge is 0.315 e. The van der Waals surface area contributed by atoms with Gasteiger partial charge in [0.25, 0.3) is 0 Å². The molecule has 7 nitrogen and oxygen atoms in total. The third kappa shape index (κ3) is 4.14. The van der Waals surface area contributed by atoms with Crippen molar-refractivity contribution in [3.05, 3.63) is 11.7 Å². The van der Waals surface area contributed by atoms with Gasteiger partial charge in [0.1, 0.15) is 6.04 Å². The summed E-state index contributed by atoms with van der Waals surface area (Å²) in [6.45, 7) is 6.30. The zero-order valence-electron chi connectivity index (χ0n) is 15.2. The molecule has 1 aromatic rings. The molecule has 7 heteroatoms. The van der Waals surface area contributed by atoms with Gasteiger partial charge in [0, 0.05) is 31.1 Å².